The van der Waals surface area contributed by atoms with Crippen LogP contribution in [0, 0.1) is 5.92 Å². The number of carbonyl (C=O) groups is 1. The highest BCUT2D eigenvalue weighted by atomic mass is 16.2. The number of fused-ring (bicyclic) bond motifs is 2. The van der Waals surface area contributed by atoms with Gasteiger partial charge in [-0.05, 0) is 49.8 Å². The zero-order valence-electron chi connectivity index (χ0n) is 16.5. The number of benzene rings is 2. The summed E-state index contributed by atoms with van der Waals surface area (Å²) in [6.07, 6.45) is 7.00. The van der Waals surface area contributed by atoms with E-state index in [-0.39, 0.29) is 11.5 Å². The lowest BCUT2D eigenvalue weighted by molar-refractivity contribution is 0.0385. The van der Waals surface area contributed by atoms with Crippen molar-refractivity contribution in [1.29, 1.82) is 0 Å². The summed E-state index contributed by atoms with van der Waals surface area (Å²) in [5.41, 5.74) is 0.860. The van der Waals surface area contributed by atoms with Crippen LogP contribution in [-0.2, 0) is 0 Å². The van der Waals surface area contributed by atoms with Gasteiger partial charge in [0.15, 0.2) is 5.69 Å². The number of likely N-dealkylation sites (tertiary alicyclic amines) is 1. The van der Waals surface area contributed by atoms with E-state index < -0.39 is 0 Å². The predicted molar refractivity (Wildman–Crippen MR) is 113 cm³/mol. The molecule has 2 heterocycles. The third-order valence-corrected chi connectivity index (χ3v) is 6.51. The van der Waals surface area contributed by atoms with Crippen molar-refractivity contribution in [2.24, 2.45) is 5.92 Å². The van der Waals surface area contributed by atoms with Gasteiger partial charge in [0.05, 0.1) is 11.1 Å². The van der Waals surface area contributed by atoms with E-state index in [1.807, 2.05) is 53.4 Å². The van der Waals surface area contributed by atoms with Gasteiger partial charge in [-0.15, -0.1) is 0 Å². The van der Waals surface area contributed by atoms with Gasteiger partial charge in [-0.2, -0.15) is 9.78 Å². The molecule has 0 N–H and O–H groups in total. The molecule has 2 atom stereocenters. The van der Waals surface area contributed by atoms with Gasteiger partial charge < -0.3 is 4.90 Å². The molecule has 29 heavy (non-hydrogen) atoms. The van der Waals surface area contributed by atoms with Gasteiger partial charge in [-0.3, -0.25) is 9.59 Å². The second-order valence-electron chi connectivity index (χ2n) is 8.20. The summed E-state index contributed by atoms with van der Waals surface area (Å²) in [6.45, 7) is 0.778. The van der Waals surface area contributed by atoms with Crippen LogP contribution in [0.15, 0.2) is 59.4 Å². The fourth-order valence-electron chi connectivity index (χ4n) is 5.10. The van der Waals surface area contributed by atoms with Crippen LogP contribution in [0.2, 0.25) is 0 Å². The summed E-state index contributed by atoms with van der Waals surface area (Å²) in [5.74, 6) is 0.565. The minimum absolute atomic E-state index is 0.0394. The number of hydrogen-bond acceptors (Lipinski definition) is 3. The Kier molecular flexibility index (Phi) is 4.66. The van der Waals surface area contributed by atoms with E-state index in [9.17, 15) is 9.59 Å². The molecule has 2 aromatic carbocycles. The highest BCUT2D eigenvalue weighted by Gasteiger charge is 2.37. The molecular formula is C24H25N3O2. The molecule has 0 spiro atoms. The number of amides is 1. The zero-order chi connectivity index (χ0) is 19.8. The second-order valence-corrected chi connectivity index (χ2v) is 8.20. The highest BCUT2D eigenvalue weighted by molar-refractivity contribution is 6.05. The first-order valence-electron chi connectivity index (χ1n) is 10.6. The summed E-state index contributed by atoms with van der Waals surface area (Å²) >= 11 is 0. The van der Waals surface area contributed by atoms with Crippen molar-refractivity contribution in [3.05, 3.63) is 70.6 Å². The molecule has 0 bridgehead atoms. The molecule has 3 aromatic rings. The molecular weight excluding hydrogens is 362 g/mol. The lowest BCUT2D eigenvalue weighted by Gasteiger charge is -2.44. The van der Waals surface area contributed by atoms with Crippen LogP contribution < -0.4 is 5.56 Å². The summed E-state index contributed by atoms with van der Waals surface area (Å²) in [4.78, 5) is 28.8. The average Bonchev–Trinajstić information content (AvgIpc) is 2.79. The second kappa shape index (κ2) is 7.47. The maximum absolute atomic E-state index is 13.7. The van der Waals surface area contributed by atoms with Crippen LogP contribution in [-0.4, -0.2) is 33.2 Å². The van der Waals surface area contributed by atoms with Crippen molar-refractivity contribution >= 4 is 16.7 Å². The normalized spacial score (nSPS) is 21.7. The van der Waals surface area contributed by atoms with Crippen molar-refractivity contribution in [1.82, 2.24) is 14.7 Å². The topological polar surface area (TPSA) is 55.2 Å². The molecule has 1 amide bonds. The summed E-state index contributed by atoms with van der Waals surface area (Å²) < 4.78 is 1.37. The van der Waals surface area contributed by atoms with Gasteiger partial charge in [0.2, 0.25) is 0 Å². The van der Waals surface area contributed by atoms with Crippen molar-refractivity contribution < 1.29 is 4.79 Å². The smallest absolute Gasteiger partial charge is 0.279 e. The molecule has 0 unspecified atom stereocenters. The van der Waals surface area contributed by atoms with E-state index in [0.717, 1.165) is 19.4 Å². The fourth-order valence-corrected chi connectivity index (χ4v) is 5.10. The molecule has 1 saturated carbocycles. The Morgan fingerprint density at radius 3 is 2.38 bits per heavy atom. The third kappa shape index (κ3) is 3.15. The molecule has 1 aromatic heterocycles. The molecule has 1 aliphatic heterocycles. The Bertz CT molecular complexity index is 1100. The van der Waals surface area contributed by atoms with E-state index in [4.69, 9.17) is 0 Å². The van der Waals surface area contributed by atoms with Crippen molar-refractivity contribution in [2.75, 3.05) is 6.54 Å². The maximum Gasteiger partial charge on any atom is 0.279 e. The van der Waals surface area contributed by atoms with E-state index in [2.05, 4.69) is 5.10 Å². The molecule has 5 nitrogen and oxygen atoms in total. The van der Waals surface area contributed by atoms with E-state index >= 15 is 0 Å². The molecule has 2 aliphatic rings. The van der Waals surface area contributed by atoms with Crippen LogP contribution in [0.3, 0.4) is 0 Å². The minimum atomic E-state index is -0.197. The van der Waals surface area contributed by atoms with Crippen LogP contribution in [0.4, 0.5) is 0 Å². The number of hydrogen-bond donors (Lipinski definition) is 0. The number of aromatic nitrogens is 2. The Morgan fingerprint density at radius 1 is 0.862 bits per heavy atom. The summed E-state index contributed by atoms with van der Waals surface area (Å²) in [7, 11) is 0. The molecule has 148 valence electrons. The molecule has 1 saturated heterocycles. The van der Waals surface area contributed by atoms with Gasteiger partial charge in [0.1, 0.15) is 0 Å². The number of nitrogens with zero attached hydrogens (tertiary/aromatic N) is 3. The SMILES string of the molecule is O=C(c1nn(-c2ccccc2)c(=O)c2ccccc12)N1CCC[C@H]2CCCC[C@H]21. The summed E-state index contributed by atoms with van der Waals surface area (Å²) in [5, 5.41) is 5.78. The predicted octanol–water partition coefficient (Wildman–Crippen LogP) is 4.18. The number of piperidine rings is 1. The first kappa shape index (κ1) is 18.1. The van der Waals surface area contributed by atoms with Crippen LogP contribution in [0.5, 0.6) is 0 Å². The fraction of sp³-hybridized carbons (Fsp3) is 0.375. The van der Waals surface area contributed by atoms with E-state index in [1.165, 1.54) is 30.4 Å². The molecule has 1 aliphatic carbocycles. The van der Waals surface area contributed by atoms with E-state index in [0.29, 0.717) is 34.1 Å². The van der Waals surface area contributed by atoms with Gasteiger partial charge in [0.25, 0.3) is 11.5 Å². The molecule has 5 heteroatoms. The number of para-hydroxylation sites is 1. The minimum Gasteiger partial charge on any atom is -0.334 e. The third-order valence-electron chi connectivity index (χ3n) is 6.51. The average molecular weight is 387 g/mol. The monoisotopic (exact) mass is 387 g/mol. The van der Waals surface area contributed by atoms with Gasteiger partial charge >= 0.3 is 0 Å². The van der Waals surface area contributed by atoms with Gasteiger partial charge in [-0.25, -0.2) is 0 Å². The molecule has 2 fully saturated rings. The first-order chi connectivity index (χ1) is 14.2. The van der Waals surface area contributed by atoms with Gasteiger partial charge in [0, 0.05) is 18.0 Å². The van der Waals surface area contributed by atoms with Crippen LogP contribution in [0.1, 0.15) is 49.0 Å². The largest absolute Gasteiger partial charge is 0.334 e. The molecule has 5 rings (SSSR count). The van der Waals surface area contributed by atoms with Crippen molar-refractivity contribution in [2.45, 2.75) is 44.6 Å². The van der Waals surface area contributed by atoms with Crippen LogP contribution in [0.25, 0.3) is 16.5 Å². The molecule has 0 radical (unpaired) electrons. The van der Waals surface area contributed by atoms with E-state index in [1.54, 1.807) is 6.07 Å². The lowest BCUT2D eigenvalue weighted by atomic mass is 9.78. The standard InChI is InChI=1S/C24H25N3O2/c28-23-20-14-6-5-13-19(20)22(25-27(23)18-11-2-1-3-12-18)24(29)26-16-8-10-17-9-4-7-15-21(17)26/h1-3,5-6,11-14,17,21H,4,7-10,15-16H2/t17-,21-/m1/s1. The van der Waals surface area contributed by atoms with Crippen molar-refractivity contribution in [3.63, 3.8) is 0 Å². The highest BCUT2D eigenvalue weighted by Crippen LogP contribution is 2.36. The lowest BCUT2D eigenvalue weighted by Crippen LogP contribution is -2.50. The Morgan fingerprint density at radius 2 is 1.55 bits per heavy atom. The van der Waals surface area contributed by atoms with Crippen molar-refractivity contribution in [3.8, 4) is 5.69 Å². The van der Waals surface area contributed by atoms with Crippen LogP contribution >= 0.6 is 0 Å². The number of rotatable bonds is 2. The summed E-state index contributed by atoms with van der Waals surface area (Å²) in [6, 6.07) is 17.0. The Hall–Kier alpha value is -2.95. The van der Waals surface area contributed by atoms with Gasteiger partial charge in [-0.1, -0.05) is 49.2 Å². The zero-order valence-corrected chi connectivity index (χ0v) is 16.5. The quantitative estimate of drug-likeness (QED) is 0.663. The Balaban J connectivity index is 1.65. The first-order valence-corrected chi connectivity index (χ1v) is 10.6. The number of carbonyl (C=O) groups excluding carboxylic acids is 1. The maximum atomic E-state index is 13.7. The Labute approximate surface area is 170 Å².